The van der Waals surface area contributed by atoms with E-state index in [0.29, 0.717) is 56.9 Å². The Morgan fingerprint density at radius 3 is 2.60 bits per heavy atom. The van der Waals surface area contributed by atoms with Crippen LogP contribution in [0.2, 0.25) is 0 Å². The van der Waals surface area contributed by atoms with Gasteiger partial charge in [0, 0.05) is 48.1 Å². The highest BCUT2D eigenvalue weighted by Gasteiger charge is 2.39. The average molecular weight is 525 g/mol. The zero-order valence-electron chi connectivity index (χ0n) is 20.8. The minimum atomic E-state index is -3.53. The number of aliphatic hydroxyl groups is 1. The molecule has 0 bridgehead atoms. The molecule has 1 saturated heterocycles. The first kappa shape index (κ1) is 26.3. The molecule has 4 rings (SSSR count). The SMILES string of the molecule is CSC(C)(C)CNS(=O)(=O)N1CCC(Nc2ncc3ccc(=O)n(C4CCC[C@]4(C)O)c3n2)CC1. The summed E-state index contributed by atoms with van der Waals surface area (Å²) in [5.41, 5.74) is -0.651. The van der Waals surface area contributed by atoms with Crippen molar-refractivity contribution in [1.82, 2.24) is 23.6 Å². The van der Waals surface area contributed by atoms with E-state index in [1.165, 1.54) is 10.4 Å². The summed E-state index contributed by atoms with van der Waals surface area (Å²) in [6, 6.07) is 2.88. The van der Waals surface area contributed by atoms with Crippen LogP contribution in [0.15, 0.2) is 23.1 Å². The molecule has 194 valence electrons. The van der Waals surface area contributed by atoms with Crippen molar-refractivity contribution in [2.75, 3.05) is 31.2 Å². The van der Waals surface area contributed by atoms with Gasteiger partial charge in [0.1, 0.15) is 5.65 Å². The Kier molecular flexibility index (Phi) is 7.50. The minimum Gasteiger partial charge on any atom is -0.388 e. The highest BCUT2D eigenvalue weighted by atomic mass is 32.2. The lowest BCUT2D eigenvalue weighted by Crippen LogP contribution is -2.49. The zero-order chi connectivity index (χ0) is 25.4. The molecule has 1 unspecified atom stereocenters. The summed E-state index contributed by atoms with van der Waals surface area (Å²) in [4.78, 5) is 21.9. The summed E-state index contributed by atoms with van der Waals surface area (Å²) in [5, 5.41) is 14.9. The number of hydrogen-bond donors (Lipinski definition) is 3. The Morgan fingerprint density at radius 1 is 1.26 bits per heavy atom. The fraction of sp³-hybridized carbons (Fsp3) is 0.696. The second-order valence-corrected chi connectivity index (χ2v) is 13.7. The quantitative estimate of drug-likeness (QED) is 0.479. The molecule has 3 N–H and O–H groups in total. The number of anilines is 1. The van der Waals surface area contributed by atoms with E-state index in [-0.39, 0.29) is 22.4 Å². The molecule has 0 amide bonds. The lowest BCUT2D eigenvalue weighted by Gasteiger charge is -2.32. The summed E-state index contributed by atoms with van der Waals surface area (Å²) < 4.78 is 31.1. The molecular weight excluding hydrogens is 488 g/mol. The van der Waals surface area contributed by atoms with Crippen LogP contribution in [0.4, 0.5) is 5.95 Å². The predicted molar refractivity (Wildman–Crippen MR) is 140 cm³/mol. The zero-order valence-corrected chi connectivity index (χ0v) is 22.5. The van der Waals surface area contributed by atoms with Crippen LogP contribution in [0.5, 0.6) is 0 Å². The number of nitrogens with one attached hydrogen (secondary N) is 2. The summed E-state index contributed by atoms with van der Waals surface area (Å²) in [7, 11) is -3.53. The molecule has 1 aliphatic carbocycles. The Labute approximate surface area is 211 Å². The molecule has 10 nitrogen and oxygen atoms in total. The van der Waals surface area contributed by atoms with Crippen molar-refractivity contribution in [3.05, 3.63) is 28.7 Å². The molecule has 0 radical (unpaired) electrons. The first-order valence-electron chi connectivity index (χ1n) is 12.1. The number of pyridine rings is 1. The van der Waals surface area contributed by atoms with Crippen molar-refractivity contribution in [2.45, 2.75) is 75.3 Å². The van der Waals surface area contributed by atoms with Gasteiger partial charge in [-0.1, -0.05) is 0 Å². The molecule has 12 heteroatoms. The Hall–Kier alpha value is -1.73. The molecule has 2 aromatic heterocycles. The van der Waals surface area contributed by atoms with E-state index >= 15 is 0 Å². The largest absolute Gasteiger partial charge is 0.388 e. The molecule has 35 heavy (non-hydrogen) atoms. The fourth-order valence-corrected chi connectivity index (χ4v) is 6.52. The van der Waals surface area contributed by atoms with E-state index in [2.05, 4.69) is 20.0 Å². The van der Waals surface area contributed by atoms with Crippen LogP contribution in [0.1, 0.15) is 58.9 Å². The third-order valence-electron chi connectivity index (χ3n) is 7.22. The Balaban J connectivity index is 1.46. The van der Waals surface area contributed by atoms with E-state index in [1.807, 2.05) is 20.1 Å². The number of piperidine rings is 1. The van der Waals surface area contributed by atoms with Crippen molar-refractivity contribution >= 4 is 39.0 Å². The van der Waals surface area contributed by atoms with Crippen LogP contribution in [0, 0.1) is 0 Å². The molecule has 2 fully saturated rings. The van der Waals surface area contributed by atoms with E-state index in [0.717, 1.165) is 11.8 Å². The van der Waals surface area contributed by atoms with Gasteiger partial charge in [0.25, 0.3) is 15.8 Å². The van der Waals surface area contributed by atoms with Crippen LogP contribution in [0.3, 0.4) is 0 Å². The highest BCUT2D eigenvalue weighted by Crippen LogP contribution is 2.39. The number of nitrogens with zero attached hydrogens (tertiary/aromatic N) is 4. The molecule has 1 aliphatic heterocycles. The van der Waals surface area contributed by atoms with Crippen LogP contribution >= 0.6 is 11.8 Å². The molecule has 1 saturated carbocycles. The highest BCUT2D eigenvalue weighted by molar-refractivity contribution is 8.00. The molecule has 2 atom stereocenters. The van der Waals surface area contributed by atoms with E-state index in [1.54, 1.807) is 35.5 Å². The van der Waals surface area contributed by atoms with Gasteiger partial charge < -0.3 is 10.4 Å². The van der Waals surface area contributed by atoms with Crippen molar-refractivity contribution < 1.29 is 13.5 Å². The molecular formula is C23H36N6O4S2. The summed E-state index contributed by atoms with van der Waals surface area (Å²) >= 11 is 1.62. The summed E-state index contributed by atoms with van der Waals surface area (Å²) in [5.74, 6) is 0.399. The molecule has 0 aromatic carbocycles. The number of thioether (sulfide) groups is 1. The predicted octanol–water partition coefficient (Wildman–Crippen LogP) is 2.12. The Morgan fingerprint density at radius 2 is 1.97 bits per heavy atom. The van der Waals surface area contributed by atoms with E-state index < -0.39 is 15.8 Å². The van der Waals surface area contributed by atoms with Gasteiger partial charge in [-0.2, -0.15) is 29.5 Å². The van der Waals surface area contributed by atoms with Gasteiger partial charge in [-0.3, -0.25) is 9.36 Å². The number of aromatic nitrogens is 3. The lowest BCUT2D eigenvalue weighted by atomic mass is 10.00. The molecule has 0 spiro atoms. The van der Waals surface area contributed by atoms with Crippen LogP contribution in [-0.2, 0) is 10.2 Å². The summed E-state index contributed by atoms with van der Waals surface area (Å²) in [6.07, 6.45) is 7.09. The first-order valence-corrected chi connectivity index (χ1v) is 14.8. The Bertz CT molecular complexity index is 1220. The fourth-order valence-electron chi connectivity index (χ4n) is 4.80. The topological polar surface area (TPSA) is 129 Å². The van der Waals surface area contributed by atoms with Crippen molar-refractivity contribution in [3.8, 4) is 0 Å². The van der Waals surface area contributed by atoms with Crippen LogP contribution < -0.4 is 15.6 Å². The van der Waals surface area contributed by atoms with Gasteiger partial charge in [0.2, 0.25) is 5.95 Å². The van der Waals surface area contributed by atoms with Gasteiger partial charge in [-0.05, 0) is 65.2 Å². The third-order valence-corrected chi connectivity index (χ3v) is 10.0. The maximum absolute atomic E-state index is 12.8. The average Bonchev–Trinajstić information content (AvgIpc) is 3.16. The molecule has 2 aliphatic rings. The monoisotopic (exact) mass is 524 g/mol. The van der Waals surface area contributed by atoms with Gasteiger partial charge in [0.15, 0.2) is 0 Å². The maximum atomic E-state index is 12.8. The van der Waals surface area contributed by atoms with Crippen LogP contribution in [-0.4, -0.2) is 74.6 Å². The van der Waals surface area contributed by atoms with Crippen molar-refractivity contribution in [2.24, 2.45) is 0 Å². The molecule has 2 aromatic rings. The van der Waals surface area contributed by atoms with Gasteiger partial charge in [-0.15, -0.1) is 0 Å². The number of hydrogen-bond acceptors (Lipinski definition) is 8. The number of rotatable bonds is 8. The minimum absolute atomic E-state index is 0.0139. The second-order valence-electron chi connectivity index (χ2n) is 10.4. The normalized spacial score (nSPS) is 24.8. The molecule has 3 heterocycles. The third kappa shape index (κ3) is 5.82. The lowest BCUT2D eigenvalue weighted by molar-refractivity contribution is 0.0267. The summed E-state index contributed by atoms with van der Waals surface area (Å²) in [6.45, 7) is 6.95. The maximum Gasteiger partial charge on any atom is 0.279 e. The van der Waals surface area contributed by atoms with Gasteiger partial charge in [0.05, 0.1) is 11.6 Å². The smallest absolute Gasteiger partial charge is 0.279 e. The first-order chi connectivity index (χ1) is 16.4. The standard InChI is InChI=1S/C23H36N6O4S2/c1-22(2,34-4)15-25-35(32,33)28-12-9-17(10-13-28)26-21-24-14-16-7-8-19(30)29(20(16)27-21)18-6-5-11-23(18,3)31/h7-8,14,17-18,25,31H,5-6,9-13,15H2,1-4H3,(H,24,26,27)/t18?,23-/m0/s1. The van der Waals surface area contributed by atoms with Gasteiger partial charge >= 0.3 is 0 Å². The van der Waals surface area contributed by atoms with Gasteiger partial charge in [-0.25, -0.2) is 9.71 Å². The van der Waals surface area contributed by atoms with Crippen molar-refractivity contribution in [3.63, 3.8) is 0 Å². The van der Waals surface area contributed by atoms with Crippen molar-refractivity contribution in [1.29, 1.82) is 0 Å². The van der Waals surface area contributed by atoms with E-state index in [4.69, 9.17) is 0 Å². The van der Waals surface area contributed by atoms with E-state index in [9.17, 15) is 18.3 Å². The second kappa shape index (κ2) is 9.97. The van der Waals surface area contributed by atoms with Crippen LogP contribution in [0.25, 0.3) is 11.0 Å². The number of fused-ring (bicyclic) bond motifs is 1.